The van der Waals surface area contributed by atoms with Crippen LogP contribution in [0.1, 0.15) is 18.9 Å². The second-order valence-electron chi connectivity index (χ2n) is 4.35. The van der Waals surface area contributed by atoms with Crippen LogP contribution in [-0.4, -0.2) is 26.2 Å². The van der Waals surface area contributed by atoms with E-state index in [0.29, 0.717) is 0 Å². The number of halogens is 2. The molecule has 1 fully saturated rings. The number of alkyl halides is 2. The van der Waals surface area contributed by atoms with Gasteiger partial charge >= 0.3 is 0 Å². The van der Waals surface area contributed by atoms with Crippen LogP contribution in [0, 0.1) is 0 Å². The molecule has 0 aliphatic carbocycles. The van der Waals surface area contributed by atoms with Gasteiger partial charge < -0.3 is 10.2 Å². The normalized spacial score (nSPS) is 17.2. The molecule has 1 N–H and O–H groups in total. The molecule has 94 valence electrons. The van der Waals surface area contributed by atoms with Gasteiger partial charge in [-0.15, -0.1) is 0 Å². The Morgan fingerprint density at radius 2 is 2.00 bits per heavy atom. The first kappa shape index (κ1) is 12.3. The number of anilines is 1. The van der Waals surface area contributed by atoms with Crippen molar-refractivity contribution in [1.29, 1.82) is 0 Å². The smallest absolute Gasteiger partial charge is 0.273 e. The minimum Gasteiger partial charge on any atom is -0.369 e. The molecule has 0 amide bonds. The molecule has 1 heterocycles. The first-order chi connectivity index (χ1) is 8.13. The SMILES string of the molecule is CCC(F)(F)c1cccc(N2CCNCC2)c1. The number of hydrogen-bond donors (Lipinski definition) is 1. The van der Waals surface area contributed by atoms with Crippen molar-refractivity contribution in [2.24, 2.45) is 0 Å². The first-order valence-electron chi connectivity index (χ1n) is 6.07. The lowest BCUT2D eigenvalue weighted by Gasteiger charge is -2.30. The standard InChI is InChI=1S/C13H18F2N2/c1-2-13(14,15)11-4-3-5-12(10-11)17-8-6-16-7-9-17/h3-5,10,16H,2,6-9H2,1H3. The van der Waals surface area contributed by atoms with Crippen LogP contribution >= 0.6 is 0 Å². The van der Waals surface area contributed by atoms with Crippen molar-refractivity contribution in [3.05, 3.63) is 29.8 Å². The maximum Gasteiger partial charge on any atom is 0.273 e. The Balaban J connectivity index is 2.21. The number of benzene rings is 1. The van der Waals surface area contributed by atoms with Crippen LogP contribution in [0.3, 0.4) is 0 Å². The van der Waals surface area contributed by atoms with E-state index < -0.39 is 5.92 Å². The summed E-state index contributed by atoms with van der Waals surface area (Å²) < 4.78 is 27.2. The topological polar surface area (TPSA) is 15.3 Å². The molecule has 0 aromatic heterocycles. The Labute approximate surface area is 101 Å². The van der Waals surface area contributed by atoms with E-state index in [1.54, 1.807) is 12.1 Å². The highest BCUT2D eigenvalue weighted by atomic mass is 19.3. The Morgan fingerprint density at radius 3 is 2.65 bits per heavy atom. The highest BCUT2D eigenvalue weighted by molar-refractivity contribution is 5.50. The lowest BCUT2D eigenvalue weighted by Crippen LogP contribution is -2.43. The zero-order valence-electron chi connectivity index (χ0n) is 10.0. The van der Waals surface area contributed by atoms with Crippen LogP contribution < -0.4 is 10.2 Å². The summed E-state index contributed by atoms with van der Waals surface area (Å²) in [5.41, 5.74) is 1.02. The van der Waals surface area contributed by atoms with Gasteiger partial charge in [-0.25, -0.2) is 8.78 Å². The fourth-order valence-electron chi connectivity index (χ4n) is 2.06. The first-order valence-corrected chi connectivity index (χ1v) is 6.07. The lowest BCUT2D eigenvalue weighted by molar-refractivity contribution is -0.00825. The van der Waals surface area contributed by atoms with E-state index in [0.717, 1.165) is 31.9 Å². The molecule has 1 aromatic rings. The maximum absolute atomic E-state index is 13.6. The molecule has 1 aromatic carbocycles. The second-order valence-corrected chi connectivity index (χ2v) is 4.35. The van der Waals surface area contributed by atoms with Gasteiger partial charge in [0.15, 0.2) is 0 Å². The summed E-state index contributed by atoms with van der Waals surface area (Å²) in [6.45, 7) is 5.09. The minimum atomic E-state index is -2.72. The Kier molecular flexibility index (Phi) is 3.62. The predicted octanol–water partition coefficient (Wildman–Crippen LogP) is 2.60. The minimum absolute atomic E-state index is 0.121. The Bertz CT molecular complexity index is 373. The van der Waals surface area contributed by atoms with Gasteiger partial charge in [0.1, 0.15) is 0 Å². The van der Waals surface area contributed by atoms with Crippen molar-refractivity contribution in [2.45, 2.75) is 19.3 Å². The third-order valence-corrected chi connectivity index (χ3v) is 3.19. The molecule has 4 heteroatoms. The second kappa shape index (κ2) is 5.00. The molecule has 1 aliphatic heterocycles. The van der Waals surface area contributed by atoms with Crippen molar-refractivity contribution in [1.82, 2.24) is 5.32 Å². The van der Waals surface area contributed by atoms with Crippen molar-refractivity contribution >= 4 is 5.69 Å². The monoisotopic (exact) mass is 240 g/mol. The zero-order valence-corrected chi connectivity index (χ0v) is 10.0. The molecular weight excluding hydrogens is 222 g/mol. The number of nitrogens with one attached hydrogen (secondary N) is 1. The van der Waals surface area contributed by atoms with Crippen molar-refractivity contribution in [2.75, 3.05) is 31.1 Å². The van der Waals surface area contributed by atoms with Gasteiger partial charge in [0.2, 0.25) is 0 Å². The van der Waals surface area contributed by atoms with E-state index in [9.17, 15) is 8.78 Å². The van der Waals surface area contributed by atoms with E-state index in [1.165, 1.54) is 13.0 Å². The van der Waals surface area contributed by atoms with Crippen molar-refractivity contribution in [3.63, 3.8) is 0 Å². The van der Waals surface area contributed by atoms with Gasteiger partial charge in [0.05, 0.1) is 0 Å². The molecule has 1 aliphatic rings. The molecule has 0 radical (unpaired) electrons. The molecule has 0 bridgehead atoms. The van der Waals surface area contributed by atoms with Crippen LogP contribution in [0.2, 0.25) is 0 Å². The van der Waals surface area contributed by atoms with Gasteiger partial charge in [0.25, 0.3) is 5.92 Å². The molecule has 0 spiro atoms. The van der Waals surface area contributed by atoms with E-state index in [-0.39, 0.29) is 12.0 Å². The van der Waals surface area contributed by atoms with Crippen molar-refractivity contribution in [3.8, 4) is 0 Å². The summed E-state index contributed by atoms with van der Waals surface area (Å²) in [7, 11) is 0. The van der Waals surface area contributed by atoms with Gasteiger partial charge in [0, 0.05) is 43.9 Å². The molecule has 17 heavy (non-hydrogen) atoms. The van der Waals surface area contributed by atoms with Crippen LogP contribution in [-0.2, 0) is 5.92 Å². The third-order valence-electron chi connectivity index (χ3n) is 3.19. The van der Waals surface area contributed by atoms with Crippen LogP contribution in [0.5, 0.6) is 0 Å². The number of nitrogens with zero attached hydrogens (tertiary/aromatic N) is 1. The Hall–Kier alpha value is -1.16. The molecule has 1 saturated heterocycles. The predicted molar refractivity (Wildman–Crippen MR) is 65.7 cm³/mol. The quantitative estimate of drug-likeness (QED) is 0.873. The number of piperazine rings is 1. The van der Waals surface area contributed by atoms with Crippen LogP contribution in [0.4, 0.5) is 14.5 Å². The molecule has 0 saturated carbocycles. The fourth-order valence-corrected chi connectivity index (χ4v) is 2.06. The van der Waals surface area contributed by atoms with Gasteiger partial charge in [-0.1, -0.05) is 19.1 Å². The molecule has 0 unspecified atom stereocenters. The average molecular weight is 240 g/mol. The summed E-state index contributed by atoms with van der Waals surface area (Å²) in [5, 5.41) is 3.25. The van der Waals surface area contributed by atoms with Gasteiger partial charge in [-0.3, -0.25) is 0 Å². The highest BCUT2D eigenvalue weighted by Gasteiger charge is 2.29. The van der Waals surface area contributed by atoms with Gasteiger partial charge in [-0.05, 0) is 12.1 Å². The molecular formula is C13H18F2N2. The highest BCUT2D eigenvalue weighted by Crippen LogP contribution is 2.33. The average Bonchev–Trinajstić information content (AvgIpc) is 2.40. The number of rotatable bonds is 3. The van der Waals surface area contributed by atoms with E-state index >= 15 is 0 Å². The van der Waals surface area contributed by atoms with E-state index in [4.69, 9.17) is 0 Å². The molecule has 2 nitrogen and oxygen atoms in total. The van der Waals surface area contributed by atoms with Crippen LogP contribution in [0.15, 0.2) is 24.3 Å². The summed E-state index contributed by atoms with van der Waals surface area (Å²) >= 11 is 0. The fraction of sp³-hybridized carbons (Fsp3) is 0.538. The third kappa shape index (κ3) is 2.75. The maximum atomic E-state index is 13.6. The Morgan fingerprint density at radius 1 is 1.29 bits per heavy atom. The summed E-state index contributed by atoms with van der Waals surface area (Å²) in [6.07, 6.45) is -0.155. The van der Waals surface area contributed by atoms with E-state index in [1.807, 2.05) is 6.07 Å². The van der Waals surface area contributed by atoms with Crippen LogP contribution in [0.25, 0.3) is 0 Å². The zero-order chi connectivity index (χ0) is 12.3. The summed E-state index contributed by atoms with van der Waals surface area (Å²) in [4.78, 5) is 2.14. The molecule has 0 atom stereocenters. The number of hydrogen-bond acceptors (Lipinski definition) is 2. The lowest BCUT2D eigenvalue weighted by atomic mass is 10.1. The molecule has 2 rings (SSSR count). The summed E-state index contributed by atoms with van der Waals surface area (Å²) in [6, 6.07) is 6.75. The largest absolute Gasteiger partial charge is 0.369 e. The summed E-state index contributed by atoms with van der Waals surface area (Å²) in [5.74, 6) is -2.72. The van der Waals surface area contributed by atoms with Gasteiger partial charge in [-0.2, -0.15) is 0 Å². The van der Waals surface area contributed by atoms with E-state index in [2.05, 4.69) is 10.2 Å². The van der Waals surface area contributed by atoms with Crippen molar-refractivity contribution < 1.29 is 8.78 Å².